The van der Waals surface area contributed by atoms with Crippen LogP contribution in [-0.2, 0) is 17.9 Å². The maximum atomic E-state index is 13.1. The van der Waals surface area contributed by atoms with Crippen molar-refractivity contribution in [1.82, 2.24) is 5.32 Å². The number of benzene rings is 2. The third kappa shape index (κ3) is 5.82. The van der Waals surface area contributed by atoms with Gasteiger partial charge in [-0.15, -0.1) is 0 Å². The highest BCUT2D eigenvalue weighted by Crippen LogP contribution is 2.22. The molecule has 3 nitrogen and oxygen atoms in total. The molecule has 0 aliphatic rings. The molecular formula is C18H21ClFNO2. The van der Waals surface area contributed by atoms with Gasteiger partial charge in [0.05, 0.1) is 5.02 Å². The van der Waals surface area contributed by atoms with E-state index in [-0.39, 0.29) is 5.82 Å². The molecule has 0 amide bonds. The summed E-state index contributed by atoms with van der Waals surface area (Å²) >= 11 is 6.02. The molecule has 0 aliphatic carbocycles. The van der Waals surface area contributed by atoms with E-state index in [1.54, 1.807) is 13.2 Å². The zero-order valence-electron chi connectivity index (χ0n) is 13.1. The van der Waals surface area contributed by atoms with Gasteiger partial charge in [0, 0.05) is 31.4 Å². The van der Waals surface area contributed by atoms with Crippen molar-refractivity contribution in [1.29, 1.82) is 0 Å². The quantitative estimate of drug-likeness (QED) is 0.696. The van der Waals surface area contributed by atoms with Crippen LogP contribution in [-0.4, -0.2) is 20.3 Å². The average molecular weight is 338 g/mol. The summed E-state index contributed by atoms with van der Waals surface area (Å²) < 4.78 is 23.9. The van der Waals surface area contributed by atoms with E-state index >= 15 is 0 Å². The Hall–Kier alpha value is -1.62. The number of hydrogen-bond acceptors (Lipinski definition) is 3. The van der Waals surface area contributed by atoms with Gasteiger partial charge in [-0.25, -0.2) is 4.39 Å². The minimum Gasteiger partial charge on any atom is -0.489 e. The Morgan fingerprint density at radius 1 is 1.13 bits per heavy atom. The normalized spacial score (nSPS) is 10.7. The van der Waals surface area contributed by atoms with Crippen LogP contribution in [0.15, 0.2) is 42.5 Å². The molecule has 2 aromatic rings. The van der Waals surface area contributed by atoms with Gasteiger partial charge >= 0.3 is 0 Å². The highest BCUT2D eigenvalue weighted by Gasteiger charge is 2.06. The molecule has 0 atom stereocenters. The highest BCUT2D eigenvalue weighted by molar-refractivity contribution is 6.31. The highest BCUT2D eigenvalue weighted by atomic mass is 35.5. The third-order valence-corrected chi connectivity index (χ3v) is 3.74. The van der Waals surface area contributed by atoms with Gasteiger partial charge in [0.25, 0.3) is 0 Å². The van der Waals surface area contributed by atoms with Crippen molar-refractivity contribution in [2.45, 2.75) is 19.6 Å². The molecule has 2 aromatic carbocycles. The third-order valence-electron chi connectivity index (χ3n) is 3.39. The lowest BCUT2D eigenvalue weighted by Gasteiger charge is -2.13. The van der Waals surface area contributed by atoms with E-state index in [0.29, 0.717) is 11.6 Å². The Balaban J connectivity index is 1.92. The molecule has 0 saturated heterocycles. The molecule has 124 valence electrons. The molecule has 0 saturated carbocycles. The molecule has 23 heavy (non-hydrogen) atoms. The lowest BCUT2D eigenvalue weighted by Crippen LogP contribution is -2.16. The molecule has 5 heteroatoms. The average Bonchev–Trinajstić information content (AvgIpc) is 2.55. The Bertz CT molecular complexity index is 622. The van der Waals surface area contributed by atoms with Gasteiger partial charge < -0.3 is 14.8 Å². The Labute approximate surface area is 141 Å². The number of rotatable bonds is 9. The van der Waals surface area contributed by atoms with E-state index in [2.05, 4.69) is 5.32 Å². The first-order chi connectivity index (χ1) is 11.2. The molecular weight excluding hydrogens is 317 g/mol. The predicted molar refractivity (Wildman–Crippen MR) is 90.4 cm³/mol. The van der Waals surface area contributed by atoms with Crippen LogP contribution in [0.4, 0.5) is 4.39 Å². The second-order valence-corrected chi connectivity index (χ2v) is 5.56. The Morgan fingerprint density at radius 3 is 2.74 bits per heavy atom. The number of methoxy groups -OCH3 is 1. The van der Waals surface area contributed by atoms with Gasteiger partial charge in [0.15, 0.2) is 0 Å². The summed E-state index contributed by atoms with van der Waals surface area (Å²) in [7, 11) is 1.70. The van der Waals surface area contributed by atoms with E-state index in [9.17, 15) is 4.39 Å². The summed E-state index contributed by atoms with van der Waals surface area (Å²) in [6.07, 6.45) is 0.963. The van der Waals surface area contributed by atoms with Crippen LogP contribution in [0.3, 0.4) is 0 Å². The molecule has 0 radical (unpaired) electrons. The second-order valence-electron chi connectivity index (χ2n) is 5.16. The van der Waals surface area contributed by atoms with Gasteiger partial charge in [-0.1, -0.05) is 35.9 Å². The number of para-hydroxylation sites is 1. The summed E-state index contributed by atoms with van der Waals surface area (Å²) in [6, 6.07) is 12.2. The Morgan fingerprint density at radius 2 is 1.96 bits per heavy atom. The molecule has 0 unspecified atom stereocenters. The van der Waals surface area contributed by atoms with Crippen molar-refractivity contribution in [3.63, 3.8) is 0 Å². The van der Waals surface area contributed by atoms with Crippen molar-refractivity contribution in [2.24, 2.45) is 0 Å². The molecule has 2 rings (SSSR count). The molecule has 0 bridgehead atoms. The first-order valence-corrected chi connectivity index (χ1v) is 7.93. The SMILES string of the molecule is COCCCNCc1ccccc1OCc1ccc(F)cc1Cl. The number of halogens is 2. The fourth-order valence-corrected chi connectivity index (χ4v) is 2.37. The smallest absolute Gasteiger partial charge is 0.124 e. The molecule has 0 fully saturated rings. The second kappa shape index (κ2) is 9.50. The van der Waals surface area contributed by atoms with Crippen LogP contribution in [0.25, 0.3) is 0 Å². The van der Waals surface area contributed by atoms with Crippen LogP contribution < -0.4 is 10.1 Å². The van der Waals surface area contributed by atoms with E-state index in [4.69, 9.17) is 21.1 Å². The van der Waals surface area contributed by atoms with Crippen molar-refractivity contribution in [3.05, 3.63) is 64.4 Å². The van der Waals surface area contributed by atoms with Crippen LogP contribution >= 0.6 is 11.6 Å². The summed E-state index contributed by atoms with van der Waals surface area (Å²) in [5.74, 6) is 0.451. The molecule has 0 spiro atoms. The summed E-state index contributed by atoms with van der Waals surface area (Å²) in [5, 5.41) is 3.73. The van der Waals surface area contributed by atoms with Crippen LogP contribution in [0, 0.1) is 5.82 Å². The zero-order chi connectivity index (χ0) is 16.5. The topological polar surface area (TPSA) is 30.5 Å². The van der Waals surface area contributed by atoms with Crippen molar-refractivity contribution >= 4 is 11.6 Å². The molecule has 1 N–H and O–H groups in total. The first-order valence-electron chi connectivity index (χ1n) is 7.55. The van der Waals surface area contributed by atoms with Gasteiger partial charge in [0.1, 0.15) is 18.2 Å². The van der Waals surface area contributed by atoms with Gasteiger partial charge in [-0.3, -0.25) is 0 Å². The van der Waals surface area contributed by atoms with E-state index in [1.165, 1.54) is 12.1 Å². The predicted octanol–water partition coefficient (Wildman–Crippen LogP) is 4.18. The maximum absolute atomic E-state index is 13.1. The first kappa shape index (κ1) is 17.7. The van der Waals surface area contributed by atoms with E-state index < -0.39 is 0 Å². The van der Waals surface area contributed by atoms with Crippen LogP contribution in [0.5, 0.6) is 5.75 Å². The lowest BCUT2D eigenvalue weighted by molar-refractivity contribution is 0.194. The van der Waals surface area contributed by atoms with Gasteiger partial charge in [-0.2, -0.15) is 0 Å². The van der Waals surface area contributed by atoms with Gasteiger partial charge in [0.2, 0.25) is 0 Å². The zero-order valence-corrected chi connectivity index (χ0v) is 13.9. The van der Waals surface area contributed by atoms with E-state index in [0.717, 1.165) is 43.0 Å². The number of hydrogen-bond donors (Lipinski definition) is 1. The lowest BCUT2D eigenvalue weighted by atomic mass is 10.2. The molecule has 0 aliphatic heterocycles. The standard InChI is InChI=1S/C18H21ClFNO2/c1-22-10-4-9-21-12-14-5-2-3-6-18(14)23-13-15-7-8-16(20)11-17(15)19/h2-3,5-8,11,21H,4,9-10,12-13H2,1H3. The monoisotopic (exact) mass is 337 g/mol. The fraction of sp³-hybridized carbons (Fsp3) is 0.333. The van der Waals surface area contributed by atoms with Crippen molar-refractivity contribution in [3.8, 4) is 5.75 Å². The van der Waals surface area contributed by atoms with Crippen LogP contribution in [0.1, 0.15) is 17.5 Å². The van der Waals surface area contributed by atoms with Crippen LogP contribution in [0.2, 0.25) is 5.02 Å². The maximum Gasteiger partial charge on any atom is 0.124 e. The minimum atomic E-state index is -0.348. The molecule has 0 aromatic heterocycles. The minimum absolute atomic E-state index is 0.305. The van der Waals surface area contributed by atoms with Gasteiger partial charge in [-0.05, 0) is 31.2 Å². The van der Waals surface area contributed by atoms with Crippen molar-refractivity contribution < 1.29 is 13.9 Å². The van der Waals surface area contributed by atoms with E-state index in [1.807, 2.05) is 24.3 Å². The fourth-order valence-electron chi connectivity index (χ4n) is 2.15. The number of ether oxygens (including phenoxy) is 2. The van der Waals surface area contributed by atoms with Crippen molar-refractivity contribution in [2.75, 3.05) is 20.3 Å². The largest absolute Gasteiger partial charge is 0.489 e. The summed E-state index contributed by atoms with van der Waals surface area (Å²) in [6.45, 7) is 2.65. The number of nitrogens with one attached hydrogen (secondary N) is 1. The summed E-state index contributed by atoms with van der Waals surface area (Å²) in [4.78, 5) is 0. The summed E-state index contributed by atoms with van der Waals surface area (Å²) in [5.41, 5.74) is 1.83. The molecule has 0 heterocycles. The Kier molecular flexibility index (Phi) is 7.33.